The van der Waals surface area contributed by atoms with Gasteiger partial charge in [0.25, 0.3) is 0 Å². The molecule has 0 aliphatic carbocycles. The topological polar surface area (TPSA) is 95.6 Å². The number of primary amides is 1. The second-order valence-electron chi connectivity index (χ2n) is 7.95. The highest BCUT2D eigenvalue weighted by molar-refractivity contribution is 5.78. The number of halogens is 2. The van der Waals surface area contributed by atoms with Gasteiger partial charge in [0.05, 0.1) is 17.1 Å². The molecule has 27 heavy (non-hydrogen) atoms. The van der Waals surface area contributed by atoms with E-state index in [-0.39, 0.29) is 18.4 Å². The number of carbonyl (C=O) groups excluding carboxylic acids is 1. The first-order valence-corrected chi connectivity index (χ1v) is 9.50. The van der Waals surface area contributed by atoms with Gasteiger partial charge in [-0.25, -0.2) is 8.78 Å². The summed E-state index contributed by atoms with van der Waals surface area (Å²) in [5.41, 5.74) is 3.27. The lowest BCUT2D eigenvalue weighted by Crippen LogP contribution is -2.62. The Morgan fingerprint density at radius 3 is 2.59 bits per heavy atom. The van der Waals surface area contributed by atoms with E-state index < -0.39 is 40.7 Å². The molecule has 5 nitrogen and oxygen atoms in total. The normalized spacial score (nSPS) is 26.4. The van der Waals surface area contributed by atoms with Gasteiger partial charge in [0, 0.05) is 12.1 Å². The van der Waals surface area contributed by atoms with E-state index in [1.807, 2.05) is 6.92 Å². The summed E-state index contributed by atoms with van der Waals surface area (Å²) in [6.45, 7) is 4.03. The number of hydrogen-bond acceptors (Lipinski definition) is 4. The van der Waals surface area contributed by atoms with Crippen molar-refractivity contribution in [1.82, 2.24) is 5.32 Å². The first-order chi connectivity index (χ1) is 12.6. The summed E-state index contributed by atoms with van der Waals surface area (Å²) in [6.07, 6.45) is 3.19. The number of carbonyl (C=O) groups is 1. The minimum atomic E-state index is -1.59. The highest BCUT2D eigenvalue weighted by Crippen LogP contribution is 2.35. The molecule has 1 aromatic rings. The second-order valence-corrected chi connectivity index (χ2v) is 7.95. The number of hydrogen-bond donors (Lipinski definition) is 4. The lowest BCUT2D eigenvalue weighted by atomic mass is 9.72. The monoisotopic (exact) mass is 384 g/mol. The first-order valence-electron chi connectivity index (χ1n) is 9.50. The summed E-state index contributed by atoms with van der Waals surface area (Å²) < 4.78 is 27.0. The van der Waals surface area contributed by atoms with E-state index >= 15 is 0 Å². The van der Waals surface area contributed by atoms with E-state index in [4.69, 9.17) is 5.73 Å². The smallest absolute Gasteiger partial charge is 0.223 e. The maximum atomic E-state index is 13.5. The molecule has 7 heteroatoms. The number of nitrogens with one attached hydrogen (secondary N) is 1. The molecule has 2 rings (SSSR count). The fourth-order valence-corrected chi connectivity index (χ4v) is 3.98. The van der Waals surface area contributed by atoms with Crippen molar-refractivity contribution in [2.75, 3.05) is 6.54 Å². The van der Waals surface area contributed by atoms with Crippen LogP contribution in [-0.2, 0) is 11.2 Å². The Labute approximate surface area is 159 Å². The number of nitrogens with two attached hydrogens (primary N) is 1. The zero-order valence-corrected chi connectivity index (χ0v) is 16.0. The van der Waals surface area contributed by atoms with Crippen molar-refractivity contribution in [3.63, 3.8) is 0 Å². The molecule has 152 valence electrons. The Bertz CT molecular complexity index is 648. The van der Waals surface area contributed by atoms with Gasteiger partial charge in [-0.05, 0) is 56.8 Å². The molecule has 1 aromatic carbocycles. The molecule has 0 radical (unpaired) electrons. The highest BCUT2D eigenvalue weighted by atomic mass is 19.1. The van der Waals surface area contributed by atoms with Gasteiger partial charge in [-0.15, -0.1) is 0 Å². The molecule has 5 N–H and O–H groups in total. The predicted molar refractivity (Wildman–Crippen MR) is 98.9 cm³/mol. The molecular formula is C20H30F2N2O3. The summed E-state index contributed by atoms with van der Waals surface area (Å²) in [7, 11) is 0. The minimum Gasteiger partial charge on any atom is -0.390 e. The van der Waals surface area contributed by atoms with Gasteiger partial charge in [0.2, 0.25) is 5.91 Å². The van der Waals surface area contributed by atoms with E-state index in [0.29, 0.717) is 19.4 Å². The van der Waals surface area contributed by atoms with Gasteiger partial charge in [0.15, 0.2) is 0 Å². The van der Waals surface area contributed by atoms with Crippen molar-refractivity contribution in [3.05, 3.63) is 35.4 Å². The average Bonchev–Trinajstić information content (AvgIpc) is 2.57. The van der Waals surface area contributed by atoms with Gasteiger partial charge in [-0.2, -0.15) is 0 Å². The quantitative estimate of drug-likeness (QED) is 0.552. The van der Waals surface area contributed by atoms with E-state index in [9.17, 15) is 23.8 Å². The van der Waals surface area contributed by atoms with Crippen molar-refractivity contribution in [2.45, 2.75) is 69.6 Å². The number of amides is 1. The number of piperidine rings is 1. The Morgan fingerprint density at radius 1 is 1.41 bits per heavy atom. The Kier molecular flexibility index (Phi) is 6.94. The van der Waals surface area contributed by atoms with Gasteiger partial charge >= 0.3 is 0 Å². The van der Waals surface area contributed by atoms with Gasteiger partial charge in [-0.1, -0.05) is 19.8 Å². The highest BCUT2D eigenvalue weighted by Gasteiger charge is 2.47. The average molecular weight is 384 g/mol. The third-order valence-corrected chi connectivity index (χ3v) is 5.68. The summed E-state index contributed by atoms with van der Waals surface area (Å²) in [5.74, 6) is -3.32. The molecular weight excluding hydrogens is 354 g/mol. The Hall–Kier alpha value is -1.57. The van der Waals surface area contributed by atoms with Crippen LogP contribution in [0.5, 0.6) is 0 Å². The van der Waals surface area contributed by atoms with Gasteiger partial charge in [0.1, 0.15) is 11.6 Å². The standard InChI is InChI=1S/C20H30F2N2O3/c1-3-4-5-20(27)6-7-24-17(12-20)19(2,26)16(18(23)25)10-13-8-14(21)11-15(22)9-13/h8-9,11,16-17,24,26-27H,3-7,10,12H2,1-2H3,(H2,23,25). The molecule has 0 saturated carbocycles. The summed E-state index contributed by atoms with van der Waals surface area (Å²) in [5, 5.41) is 25.2. The third kappa shape index (κ3) is 5.46. The number of aliphatic hydroxyl groups is 2. The summed E-state index contributed by atoms with van der Waals surface area (Å²) in [6, 6.07) is 2.43. The molecule has 0 aromatic heterocycles. The molecule has 1 fully saturated rings. The zero-order valence-electron chi connectivity index (χ0n) is 16.0. The fourth-order valence-electron chi connectivity index (χ4n) is 3.98. The lowest BCUT2D eigenvalue weighted by Gasteiger charge is -2.46. The van der Waals surface area contributed by atoms with Crippen LogP contribution in [0.15, 0.2) is 18.2 Å². The van der Waals surface area contributed by atoms with E-state index in [0.717, 1.165) is 31.0 Å². The maximum Gasteiger partial charge on any atom is 0.223 e. The SMILES string of the molecule is CCCCC1(O)CCNC(C(C)(O)C(Cc2cc(F)cc(F)c2)C(N)=O)C1. The van der Waals surface area contributed by atoms with Crippen LogP contribution in [0.1, 0.15) is 51.5 Å². The van der Waals surface area contributed by atoms with E-state index in [1.54, 1.807) is 0 Å². The molecule has 4 atom stereocenters. The van der Waals surface area contributed by atoms with Crippen molar-refractivity contribution < 1.29 is 23.8 Å². The molecule has 1 aliphatic heterocycles. The minimum absolute atomic E-state index is 0.0947. The van der Waals surface area contributed by atoms with Crippen LogP contribution in [0, 0.1) is 17.6 Å². The van der Waals surface area contributed by atoms with Crippen molar-refractivity contribution in [3.8, 4) is 0 Å². The number of unbranched alkanes of at least 4 members (excludes halogenated alkanes) is 1. The molecule has 1 aliphatic rings. The van der Waals surface area contributed by atoms with Gasteiger partial charge in [-0.3, -0.25) is 4.79 Å². The molecule has 1 heterocycles. The molecule has 0 spiro atoms. The van der Waals surface area contributed by atoms with Crippen LogP contribution in [0.25, 0.3) is 0 Å². The van der Waals surface area contributed by atoms with Crippen LogP contribution in [-0.4, -0.2) is 39.9 Å². The molecule has 0 bridgehead atoms. The zero-order chi connectivity index (χ0) is 20.2. The van der Waals surface area contributed by atoms with Gasteiger partial charge < -0.3 is 21.3 Å². The summed E-state index contributed by atoms with van der Waals surface area (Å²) in [4.78, 5) is 12.1. The molecule has 1 saturated heterocycles. The van der Waals surface area contributed by atoms with Crippen LogP contribution in [0.3, 0.4) is 0 Å². The molecule has 1 amide bonds. The Morgan fingerprint density at radius 2 is 2.04 bits per heavy atom. The predicted octanol–water partition coefficient (Wildman–Crippen LogP) is 2.03. The fraction of sp³-hybridized carbons (Fsp3) is 0.650. The summed E-state index contributed by atoms with van der Waals surface area (Å²) >= 11 is 0. The Balaban J connectivity index is 2.22. The number of benzene rings is 1. The molecule has 4 unspecified atom stereocenters. The first kappa shape index (κ1) is 21.7. The van der Waals surface area contributed by atoms with E-state index in [2.05, 4.69) is 5.32 Å². The number of rotatable bonds is 8. The lowest BCUT2D eigenvalue weighted by molar-refractivity contribution is -0.137. The van der Waals surface area contributed by atoms with Crippen molar-refractivity contribution in [2.24, 2.45) is 11.7 Å². The largest absolute Gasteiger partial charge is 0.390 e. The van der Waals surface area contributed by atoms with Crippen molar-refractivity contribution >= 4 is 5.91 Å². The van der Waals surface area contributed by atoms with Crippen LogP contribution in [0.2, 0.25) is 0 Å². The second kappa shape index (κ2) is 8.63. The van der Waals surface area contributed by atoms with Crippen LogP contribution in [0.4, 0.5) is 8.78 Å². The van der Waals surface area contributed by atoms with Crippen LogP contribution < -0.4 is 11.1 Å². The van der Waals surface area contributed by atoms with Crippen molar-refractivity contribution in [1.29, 1.82) is 0 Å². The van der Waals surface area contributed by atoms with E-state index in [1.165, 1.54) is 6.92 Å². The third-order valence-electron chi connectivity index (χ3n) is 5.68. The maximum absolute atomic E-state index is 13.5. The van der Waals surface area contributed by atoms with Crippen LogP contribution >= 0.6 is 0 Å².